The molecule has 0 aromatic rings. The van der Waals surface area contributed by atoms with E-state index in [9.17, 15) is 10.5 Å². The summed E-state index contributed by atoms with van der Waals surface area (Å²) >= 11 is 0. The van der Waals surface area contributed by atoms with Crippen molar-refractivity contribution in [3.8, 4) is 12.1 Å². The average Bonchev–Trinajstić information content (AvgIpc) is 2.49. The van der Waals surface area contributed by atoms with E-state index in [0.717, 1.165) is 66.8 Å². The van der Waals surface area contributed by atoms with Crippen molar-refractivity contribution in [1.82, 2.24) is 0 Å². The van der Waals surface area contributed by atoms with Crippen LogP contribution in [0.15, 0.2) is 33.8 Å². The summed E-state index contributed by atoms with van der Waals surface area (Å²) in [5.41, 5.74) is 3.12. The molecule has 1 heterocycles. The highest BCUT2D eigenvalue weighted by Crippen LogP contribution is 2.40. The van der Waals surface area contributed by atoms with Crippen molar-refractivity contribution in [3.63, 3.8) is 0 Å². The summed E-state index contributed by atoms with van der Waals surface area (Å²) in [5, 5.41) is 18.6. The van der Waals surface area contributed by atoms with Gasteiger partial charge in [0.15, 0.2) is 0 Å². The first kappa shape index (κ1) is 17.1. The summed E-state index contributed by atoms with van der Waals surface area (Å²) < 4.78 is 6.15. The zero-order chi connectivity index (χ0) is 15.8. The largest absolute Gasteiger partial charge is 0.465 e. The van der Waals surface area contributed by atoms with E-state index in [1.54, 1.807) is 0 Å². The summed E-state index contributed by atoms with van der Waals surface area (Å²) in [7, 11) is 0. The van der Waals surface area contributed by atoms with Crippen LogP contribution in [0.4, 0.5) is 0 Å². The Kier molecular flexibility index (Phi) is 6.76. The minimum atomic E-state index is 0.217. The van der Waals surface area contributed by atoms with Gasteiger partial charge < -0.3 is 4.74 Å². The first-order chi connectivity index (χ1) is 10.2. The van der Waals surface area contributed by atoms with Crippen LogP contribution in [0.25, 0.3) is 0 Å². The standard InChI is InChI=1S/C18H24N2O/c1-5-9-16-14(7-3)18(13(11-19)12-20)15(8-4)17(21-16)10-6-2/h5-10H2,1-4H3. The minimum Gasteiger partial charge on any atom is -0.465 e. The van der Waals surface area contributed by atoms with Gasteiger partial charge in [-0.2, -0.15) is 10.5 Å². The molecule has 1 rings (SSSR count). The van der Waals surface area contributed by atoms with E-state index in [4.69, 9.17) is 4.74 Å². The Morgan fingerprint density at radius 3 is 1.57 bits per heavy atom. The Balaban J connectivity index is 3.59. The summed E-state index contributed by atoms with van der Waals surface area (Å²) in [6.45, 7) is 8.33. The lowest BCUT2D eigenvalue weighted by Crippen LogP contribution is -2.13. The van der Waals surface area contributed by atoms with Crippen molar-refractivity contribution < 1.29 is 4.74 Å². The van der Waals surface area contributed by atoms with E-state index in [2.05, 4.69) is 39.8 Å². The second-order valence-electron chi connectivity index (χ2n) is 5.09. The Hall–Kier alpha value is -2.00. The van der Waals surface area contributed by atoms with Crippen LogP contribution in [-0.4, -0.2) is 0 Å². The molecule has 0 aromatic carbocycles. The van der Waals surface area contributed by atoms with E-state index in [0.29, 0.717) is 0 Å². The SMILES string of the molecule is CCCC1=C(CC)C(=C(C#N)C#N)C(CC)=C(CCC)O1. The summed E-state index contributed by atoms with van der Waals surface area (Å²) in [6, 6.07) is 4.14. The number of hydrogen-bond donors (Lipinski definition) is 0. The van der Waals surface area contributed by atoms with Crippen LogP contribution >= 0.6 is 0 Å². The topological polar surface area (TPSA) is 56.8 Å². The second kappa shape index (κ2) is 8.32. The monoisotopic (exact) mass is 284 g/mol. The van der Waals surface area contributed by atoms with Crippen molar-refractivity contribution in [2.24, 2.45) is 0 Å². The van der Waals surface area contributed by atoms with Crippen LogP contribution < -0.4 is 0 Å². The predicted molar refractivity (Wildman–Crippen MR) is 83.8 cm³/mol. The van der Waals surface area contributed by atoms with Crippen LogP contribution in [0.2, 0.25) is 0 Å². The van der Waals surface area contributed by atoms with Gasteiger partial charge in [0.05, 0.1) is 0 Å². The molecule has 0 fully saturated rings. The van der Waals surface area contributed by atoms with Crippen LogP contribution in [0.5, 0.6) is 0 Å². The van der Waals surface area contributed by atoms with E-state index >= 15 is 0 Å². The molecule has 0 atom stereocenters. The van der Waals surface area contributed by atoms with Gasteiger partial charge in [-0.1, -0.05) is 27.7 Å². The van der Waals surface area contributed by atoms with Gasteiger partial charge in [0.1, 0.15) is 29.2 Å². The van der Waals surface area contributed by atoms with Crippen molar-refractivity contribution >= 4 is 0 Å². The third-order valence-electron chi connectivity index (χ3n) is 3.66. The highest BCUT2D eigenvalue weighted by atomic mass is 16.5. The van der Waals surface area contributed by atoms with Gasteiger partial charge in [0.2, 0.25) is 0 Å². The molecule has 0 N–H and O–H groups in total. The summed E-state index contributed by atoms with van der Waals surface area (Å²) in [5.74, 6) is 1.89. The number of nitrogens with zero attached hydrogens (tertiary/aromatic N) is 2. The molecule has 0 unspecified atom stereocenters. The minimum absolute atomic E-state index is 0.217. The molecule has 0 radical (unpaired) electrons. The predicted octanol–water partition coefficient (Wildman–Crippen LogP) is 5.29. The fourth-order valence-electron chi connectivity index (χ4n) is 2.78. The number of rotatable bonds is 6. The van der Waals surface area contributed by atoms with Crippen molar-refractivity contribution in [1.29, 1.82) is 10.5 Å². The van der Waals surface area contributed by atoms with Gasteiger partial charge >= 0.3 is 0 Å². The maximum absolute atomic E-state index is 9.32. The van der Waals surface area contributed by atoms with Gasteiger partial charge in [-0.3, -0.25) is 0 Å². The number of nitriles is 2. The van der Waals surface area contributed by atoms with Crippen LogP contribution in [0, 0.1) is 22.7 Å². The molecule has 21 heavy (non-hydrogen) atoms. The number of allylic oxidation sites excluding steroid dienone is 6. The van der Waals surface area contributed by atoms with Crippen LogP contribution in [-0.2, 0) is 4.74 Å². The Bertz CT molecular complexity index is 517. The van der Waals surface area contributed by atoms with Crippen LogP contribution in [0.3, 0.4) is 0 Å². The molecule has 3 nitrogen and oxygen atoms in total. The molecule has 3 heteroatoms. The summed E-state index contributed by atoms with van der Waals surface area (Å²) in [4.78, 5) is 0. The Labute approximate surface area is 128 Å². The third kappa shape index (κ3) is 3.56. The molecular weight excluding hydrogens is 260 g/mol. The molecule has 0 bridgehead atoms. The molecule has 0 saturated carbocycles. The van der Waals surface area contributed by atoms with Gasteiger partial charge in [-0.15, -0.1) is 0 Å². The quantitative estimate of drug-likeness (QED) is 0.623. The van der Waals surface area contributed by atoms with E-state index in [1.807, 2.05) is 0 Å². The Morgan fingerprint density at radius 1 is 0.857 bits per heavy atom. The maximum Gasteiger partial charge on any atom is 0.137 e. The fraction of sp³-hybridized carbons (Fsp3) is 0.556. The van der Waals surface area contributed by atoms with Crippen LogP contribution in [0.1, 0.15) is 66.2 Å². The zero-order valence-corrected chi connectivity index (χ0v) is 13.5. The smallest absolute Gasteiger partial charge is 0.137 e. The lowest BCUT2D eigenvalue weighted by atomic mass is 9.85. The first-order valence-corrected chi connectivity index (χ1v) is 7.85. The lowest BCUT2D eigenvalue weighted by molar-refractivity contribution is 0.259. The molecule has 0 aliphatic carbocycles. The molecular formula is C18H24N2O. The van der Waals surface area contributed by atoms with Gasteiger partial charge in [0.25, 0.3) is 0 Å². The van der Waals surface area contributed by atoms with Gasteiger partial charge in [-0.05, 0) is 36.8 Å². The van der Waals surface area contributed by atoms with Gasteiger partial charge in [-0.25, -0.2) is 0 Å². The second-order valence-corrected chi connectivity index (χ2v) is 5.09. The summed E-state index contributed by atoms with van der Waals surface area (Å²) in [6.07, 6.45) is 5.23. The molecule has 1 aliphatic rings. The molecule has 112 valence electrons. The number of ether oxygens (including phenoxy) is 1. The molecule has 0 aromatic heterocycles. The zero-order valence-electron chi connectivity index (χ0n) is 13.5. The third-order valence-corrected chi connectivity index (χ3v) is 3.66. The highest BCUT2D eigenvalue weighted by molar-refractivity contribution is 5.61. The maximum atomic E-state index is 9.32. The lowest BCUT2D eigenvalue weighted by Gasteiger charge is -2.28. The van der Waals surface area contributed by atoms with Crippen molar-refractivity contribution in [2.75, 3.05) is 0 Å². The Morgan fingerprint density at radius 2 is 1.29 bits per heavy atom. The highest BCUT2D eigenvalue weighted by Gasteiger charge is 2.27. The first-order valence-electron chi connectivity index (χ1n) is 7.85. The fourth-order valence-corrected chi connectivity index (χ4v) is 2.78. The van der Waals surface area contributed by atoms with E-state index in [-0.39, 0.29) is 5.57 Å². The van der Waals surface area contributed by atoms with E-state index < -0.39 is 0 Å². The normalized spacial score (nSPS) is 14.7. The number of hydrogen-bond acceptors (Lipinski definition) is 3. The average molecular weight is 284 g/mol. The molecule has 1 aliphatic heterocycles. The van der Waals surface area contributed by atoms with Gasteiger partial charge in [0, 0.05) is 18.4 Å². The van der Waals surface area contributed by atoms with Crippen molar-refractivity contribution in [3.05, 3.63) is 33.8 Å². The van der Waals surface area contributed by atoms with Crippen molar-refractivity contribution in [2.45, 2.75) is 66.2 Å². The van der Waals surface area contributed by atoms with E-state index in [1.165, 1.54) is 0 Å². The molecule has 0 amide bonds. The molecule has 0 spiro atoms. The molecule has 0 saturated heterocycles.